The lowest BCUT2D eigenvalue weighted by Crippen LogP contribution is -2.59. The molecule has 72 valence electrons. The minimum absolute atomic E-state index is 0.225. The molecule has 0 aromatic heterocycles. The van der Waals surface area contributed by atoms with Crippen LogP contribution in [0.2, 0.25) is 12.6 Å². The molecule has 1 aliphatic heterocycles. The SMILES string of the molecule is CN(C)[Si]1(C)CC(C)(C)CO[SiH2]1. The van der Waals surface area contributed by atoms with E-state index in [9.17, 15) is 0 Å². The molecule has 0 N–H and O–H groups in total. The summed E-state index contributed by atoms with van der Waals surface area (Å²) >= 11 is 0. The van der Waals surface area contributed by atoms with Gasteiger partial charge in [-0.3, -0.25) is 0 Å². The van der Waals surface area contributed by atoms with Crippen molar-refractivity contribution in [3.8, 4) is 0 Å². The Kier molecular flexibility index (Phi) is 2.83. The molecule has 1 atom stereocenters. The quantitative estimate of drug-likeness (QED) is 0.584. The van der Waals surface area contributed by atoms with Crippen LogP contribution in [-0.4, -0.2) is 42.3 Å². The van der Waals surface area contributed by atoms with Gasteiger partial charge in [0.15, 0.2) is 9.28 Å². The maximum Gasteiger partial charge on any atom is 0.168 e. The van der Waals surface area contributed by atoms with Crippen LogP contribution in [0.4, 0.5) is 0 Å². The molecule has 1 unspecified atom stereocenters. The van der Waals surface area contributed by atoms with E-state index in [4.69, 9.17) is 4.43 Å². The van der Waals surface area contributed by atoms with Crippen LogP contribution in [0.25, 0.3) is 0 Å². The highest BCUT2D eigenvalue weighted by atomic mass is 29.2. The van der Waals surface area contributed by atoms with Gasteiger partial charge in [0.25, 0.3) is 0 Å². The molecular weight excluding hydrogens is 182 g/mol. The molecule has 0 radical (unpaired) electrons. The molecule has 0 aromatic rings. The van der Waals surface area contributed by atoms with Gasteiger partial charge in [-0.25, -0.2) is 0 Å². The first-order chi connectivity index (χ1) is 5.36. The first-order valence-corrected chi connectivity index (χ1v) is 10.2. The third-order valence-corrected chi connectivity index (χ3v) is 12.9. The molecule has 1 aliphatic rings. The van der Waals surface area contributed by atoms with Gasteiger partial charge >= 0.3 is 0 Å². The molecule has 0 spiro atoms. The van der Waals surface area contributed by atoms with Crippen molar-refractivity contribution in [2.75, 3.05) is 20.7 Å². The van der Waals surface area contributed by atoms with E-state index in [2.05, 4.69) is 39.1 Å². The van der Waals surface area contributed by atoms with Crippen LogP contribution in [0.5, 0.6) is 0 Å². The summed E-state index contributed by atoms with van der Waals surface area (Å²) in [7, 11) is 3.13. The van der Waals surface area contributed by atoms with E-state index in [0.29, 0.717) is 5.41 Å². The maximum atomic E-state index is 5.82. The van der Waals surface area contributed by atoms with Crippen molar-refractivity contribution in [3.05, 3.63) is 0 Å². The average molecular weight is 203 g/mol. The van der Waals surface area contributed by atoms with Crippen LogP contribution in [0.15, 0.2) is 0 Å². The lowest BCUT2D eigenvalue weighted by Gasteiger charge is -2.44. The Balaban J connectivity index is 2.68. The molecule has 1 fully saturated rings. The molecule has 1 heterocycles. The third-order valence-electron chi connectivity index (χ3n) is 2.84. The smallest absolute Gasteiger partial charge is 0.168 e. The predicted octanol–water partition coefficient (Wildman–Crippen LogP) is 0.760. The zero-order chi connectivity index (χ0) is 9.41. The zero-order valence-electron chi connectivity index (χ0n) is 8.98. The predicted molar refractivity (Wildman–Crippen MR) is 58.4 cm³/mol. The molecule has 0 bridgehead atoms. The zero-order valence-corrected chi connectivity index (χ0v) is 11.4. The monoisotopic (exact) mass is 203 g/mol. The van der Waals surface area contributed by atoms with Crippen molar-refractivity contribution in [3.63, 3.8) is 0 Å². The minimum atomic E-state index is -1.10. The summed E-state index contributed by atoms with van der Waals surface area (Å²) in [6.45, 7) is 8.13. The van der Waals surface area contributed by atoms with Gasteiger partial charge in [-0.15, -0.1) is 0 Å². The van der Waals surface area contributed by atoms with Crippen LogP contribution in [0, 0.1) is 5.41 Å². The van der Waals surface area contributed by atoms with Crippen molar-refractivity contribution in [2.24, 2.45) is 5.41 Å². The van der Waals surface area contributed by atoms with Gasteiger partial charge in [0.05, 0.1) is 0 Å². The molecule has 0 amide bonds. The summed E-state index contributed by atoms with van der Waals surface area (Å²) in [4.78, 5) is 0. The van der Waals surface area contributed by atoms with Crippen LogP contribution < -0.4 is 0 Å². The fourth-order valence-corrected chi connectivity index (χ4v) is 10.6. The van der Waals surface area contributed by atoms with E-state index < -0.39 is 7.75 Å². The summed E-state index contributed by atoms with van der Waals surface area (Å²) in [6.07, 6.45) is 0. The summed E-state index contributed by atoms with van der Waals surface area (Å²) < 4.78 is 8.29. The molecule has 0 aromatic carbocycles. The standard InChI is InChI=1S/C8H21NOSi2/c1-8(2)6-10-11-12(5,7-8)9(3)4/h6-7,11H2,1-5H3. The van der Waals surface area contributed by atoms with E-state index in [1.165, 1.54) is 6.04 Å². The normalized spacial score (nSPS) is 37.5. The number of hydrogen-bond acceptors (Lipinski definition) is 2. The second-order valence-corrected chi connectivity index (χ2v) is 15.6. The molecular formula is C8H21NOSi2. The summed E-state index contributed by atoms with van der Waals surface area (Å²) in [5, 5.41) is 0. The average Bonchev–Trinajstić information content (AvgIpc) is 1.83. The Morgan fingerprint density at radius 2 is 2.00 bits per heavy atom. The Hall–Kier alpha value is 0.354. The van der Waals surface area contributed by atoms with E-state index in [1.807, 2.05) is 0 Å². The molecule has 1 saturated heterocycles. The lowest BCUT2D eigenvalue weighted by atomic mass is 9.98. The van der Waals surface area contributed by atoms with E-state index in [-0.39, 0.29) is 9.28 Å². The fourth-order valence-electron chi connectivity index (χ4n) is 1.97. The molecule has 1 rings (SSSR count). The van der Waals surface area contributed by atoms with Gasteiger partial charge in [0, 0.05) is 6.61 Å². The van der Waals surface area contributed by atoms with Crippen LogP contribution in [0.3, 0.4) is 0 Å². The third kappa shape index (κ3) is 2.19. The Morgan fingerprint density at radius 3 is 2.33 bits per heavy atom. The van der Waals surface area contributed by atoms with Crippen LogP contribution in [-0.2, 0) is 4.43 Å². The van der Waals surface area contributed by atoms with Crippen molar-refractivity contribution in [2.45, 2.75) is 26.4 Å². The molecule has 2 nitrogen and oxygen atoms in total. The Bertz CT molecular complexity index is 172. The van der Waals surface area contributed by atoms with Crippen molar-refractivity contribution < 1.29 is 4.43 Å². The van der Waals surface area contributed by atoms with Gasteiger partial charge < -0.3 is 8.99 Å². The summed E-state index contributed by atoms with van der Waals surface area (Å²) in [6, 6.07) is 1.42. The second kappa shape index (κ2) is 3.25. The van der Waals surface area contributed by atoms with Gasteiger partial charge in [-0.05, 0) is 25.6 Å². The molecule has 12 heavy (non-hydrogen) atoms. The summed E-state index contributed by atoms with van der Waals surface area (Å²) in [5.74, 6) is 0. The summed E-state index contributed by atoms with van der Waals surface area (Å²) in [5.41, 5.74) is 0.427. The largest absolute Gasteiger partial charge is 0.425 e. The fraction of sp³-hybridized carbons (Fsp3) is 1.00. The minimum Gasteiger partial charge on any atom is -0.425 e. The van der Waals surface area contributed by atoms with E-state index in [0.717, 1.165) is 6.61 Å². The van der Waals surface area contributed by atoms with Crippen LogP contribution in [0.1, 0.15) is 13.8 Å². The molecule has 0 aliphatic carbocycles. The molecule has 0 saturated carbocycles. The van der Waals surface area contributed by atoms with Crippen LogP contribution >= 0.6 is 0 Å². The Labute approximate surface area is 79.1 Å². The Morgan fingerprint density at radius 1 is 1.42 bits per heavy atom. The highest BCUT2D eigenvalue weighted by Crippen LogP contribution is 2.32. The highest BCUT2D eigenvalue weighted by molar-refractivity contribution is 7.20. The van der Waals surface area contributed by atoms with Crippen molar-refractivity contribution in [1.29, 1.82) is 0 Å². The lowest BCUT2D eigenvalue weighted by molar-refractivity contribution is 0.192. The van der Waals surface area contributed by atoms with Gasteiger partial charge in [-0.2, -0.15) is 0 Å². The number of rotatable bonds is 1. The van der Waals surface area contributed by atoms with E-state index in [1.54, 1.807) is 0 Å². The first kappa shape index (κ1) is 10.4. The number of hydrogen-bond donors (Lipinski definition) is 0. The van der Waals surface area contributed by atoms with Crippen molar-refractivity contribution >= 4 is 17.0 Å². The van der Waals surface area contributed by atoms with Gasteiger partial charge in [0.1, 0.15) is 7.75 Å². The maximum absolute atomic E-state index is 5.82. The number of nitrogens with zero attached hydrogens (tertiary/aromatic N) is 1. The van der Waals surface area contributed by atoms with Gasteiger partial charge in [0.2, 0.25) is 0 Å². The highest BCUT2D eigenvalue weighted by Gasteiger charge is 2.41. The van der Waals surface area contributed by atoms with E-state index >= 15 is 0 Å². The first-order valence-electron chi connectivity index (χ1n) is 4.61. The van der Waals surface area contributed by atoms with Crippen molar-refractivity contribution in [1.82, 2.24) is 4.57 Å². The topological polar surface area (TPSA) is 12.5 Å². The molecule has 4 heteroatoms. The second-order valence-electron chi connectivity index (χ2n) is 5.23. The van der Waals surface area contributed by atoms with Gasteiger partial charge in [-0.1, -0.05) is 20.4 Å².